The average Bonchev–Trinajstić information content (AvgIpc) is 3.22. The topological polar surface area (TPSA) is 69.7 Å². The van der Waals surface area contributed by atoms with E-state index in [1.807, 2.05) is 20.8 Å². The number of nitrogens with zero attached hydrogens (tertiary/aromatic N) is 1. The van der Waals surface area contributed by atoms with E-state index in [0.29, 0.717) is 36.2 Å². The molecule has 1 amide bonds. The maximum absolute atomic E-state index is 12.9. The van der Waals surface area contributed by atoms with Crippen molar-refractivity contribution in [3.8, 4) is 28.5 Å². The predicted molar refractivity (Wildman–Crippen MR) is 130 cm³/mol. The summed E-state index contributed by atoms with van der Waals surface area (Å²) in [5.74, 6) is 0.664. The van der Waals surface area contributed by atoms with Crippen molar-refractivity contribution >= 4 is 45.6 Å². The van der Waals surface area contributed by atoms with Gasteiger partial charge in [-0.15, -0.1) is 11.3 Å². The Hall–Kier alpha value is -2.62. The van der Waals surface area contributed by atoms with Crippen molar-refractivity contribution in [2.45, 2.75) is 27.4 Å². The molecule has 11 heteroatoms. The first-order valence-electron chi connectivity index (χ1n) is 10.3. The van der Waals surface area contributed by atoms with E-state index in [9.17, 15) is 13.6 Å². The van der Waals surface area contributed by atoms with Crippen LogP contribution < -0.4 is 19.5 Å². The molecule has 1 heterocycles. The Balaban J connectivity index is 1.82. The number of hydrogen-bond acceptors (Lipinski definition) is 6. The largest absolute Gasteiger partial charge is 0.490 e. The minimum atomic E-state index is -3.08. The van der Waals surface area contributed by atoms with Gasteiger partial charge in [0.15, 0.2) is 22.4 Å². The van der Waals surface area contributed by atoms with Crippen molar-refractivity contribution in [1.29, 1.82) is 0 Å². The van der Waals surface area contributed by atoms with Crippen molar-refractivity contribution in [2.24, 2.45) is 5.92 Å². The van der Waals surface area contributed by atoms with Gasteiger partial charge in [0.05, 0.1) is 23.9 Å². The van der Waals surface area contributed by atoms with Crippen LogP contribution in [0.2, 0.25) is 10.0 Å². The van der Waals surface area contributed by atoms with Gasteiger partial charge in [0.2, 0.25) is 0 Å². The van der Waals surface area contributed by atoms with Crippen molar-refractivity contribution in [3.05, 3.63) is 51.3 Å². The van der Waals surface area contributed by atoms with Crippen molar-refractivity contribution < 1.29 is 27.8 Å². The summed E-state index contributed by atoms with van der Waals surface area (Å²) in [6, 6.07) is 7.60. The monoisotopic (exact) mass is 530 g/mol. The zero-order valence-electron chi connectivity index (χ0n) is 18.5. The quantitative estimate of drug-likeness (QED) is 0.295. The number of nitrogens with one attached hydrogen (secondary N) is 1. The van der Waals surface area contributed by atoms with Gasteiger partial charge in [-0.25, -0.2) is 4.98 Å². The molecule has 0 saturated heterocycles. The van der Waals surface area contributed by atoms with E-state index in [0.717, 1.165) is 11.3 Å². The lowest BCUT2D eigenvalue weighted by Gasteiger charge is -2.14. The molecule has 0 spiro atoms. The standard InChI is InChI=1S/C23H22Cl2F2N2O4S/c1-4-31-19-7-13(5-6-18(19)32-10-12(2)3)21(30)29-23-28-17(11-34-23)15-8-14(24)9-16(25)20(15)33-22(26)27/h5-9,11-12,22H,4,10H2,1-3H3,(H,28,29,30). The van der Waals surface area contributed by atoms with E-state index in [2.05, 4.69) is 15.0 Å². The third-order valence-corrected chi connectivity index (χ3v) is 5.55. The smallest absolute Gasteiger partial charge is 0.387 e. The van der Waals surface area contributed by atoms with Crippen LogP contribution in [0.1, 0.15) is 31.1 Å². The molecule has 0 aliphatic rings. The Kier molecular flexibility index (Phi) is 8.93. The molecule has 1 N–H and O–H groups in total. The summed E-state index contributed by atoms with van der Waals surface area (Å²) >= 11 is 13.2. The number of aromatic nitrogens is 1. The third-order valence-electron chi connectivity index (χ3n) is 4.29. The first-order valence-corrected chi connectivity index (χ1v) is 11.9. The maximum Gasteiger partial charge on any atom is 0.387 e. The van der Waals surface area contributed by atoms with Gasteiger partial charge in [-0.3, -0.25) is 10.1 Å². The SMILES string of the molecule is CCOc1cc(C(=O)Nc2nc(-c3cc(Cl)cc(Cl)c3OC(F)F)cs2)ccc1OCC(C)C. The molecule has 1 aromatic heterocycles. The van der Waals surface area contributed by atoms with Crippen LogP contribution in [-0.2, 0) is 0 Å². The summed E-state index contributed by atoms with van der Waals surface area (Å²) in [7, 11) is 0. The number of thiazole rings is 1. The Labute approximate surface area is 209 Å². The summed E-state index contributed by atoms with van der Waals surface area (Å²) in [4.78, 5) is 17.1. The molecule has 0 unspecified atom stereocenters. The number of carbonyl (C=O) groups is 1. The lowest BCUT2D eigenvalue weighted by atomic mass is 10.1. The van der Waals surface area contributed by atoms with E-state index in [1.165, 1.54) is 12.1 Å². The molecule has 0 saturated carbocycles. The number of ether oxygens (including phenoxy) is 3. The second-order valence-electron chi connectivity index (χ2n) is 7.43. The molecule has 0 aliphatic carbocycles. The highest BCUT2D eigenvalue weighted by Crippen LogP contribution is 2.40. The van der Waals surface area contributed by atoms with Gasteiger partial charge >= 0.3 is 6.61 Å². The molecule has 2 aromatic carbocycles. The summed E-state index contributed by atoms with van der Waals surface area (Å²) < 4.78 is 41.7. The summed E-state index contributed by atoms with van der Waals surface area (Å²) in [6.07, 6.45) is 0. The molecule has 0 atom stereocenters. The highest BCUT2D eigenvalue weighted by atomic mass is 35.5. The lowest BCUT2D eigenvalue weighted by molar-refractivity contribution is -0.0494. The van der Waals surface area contributed by atoms with E-state index < -0.39 is 12.5 Å². The Morgan fingerprint density at radius 1 is 1.15 bits per heavy atom. The van der Waals surface area contributed by atoms with Crippen LogP contribution >= 0.6 is 34.5 Å². The van der Waals surface area contributed by atoms with Crippen LogP contribution in [0.3, 0.4) is 0 Å². The molecule has 0 fully saturated rings. The van der Waals surface area contributed by atoms with Crippen molar-refractivity contribution in [1.82, 2.24) is 4.98 Å². The fraction of sp³-hybridized carbons (Fsp3) is 0.304. The van der Waals surface area contributed by atoms with E-state index in [1.54, 1.807) is 23.6 Å². The molecule has 6 nitrogen and oxygen atoms in total. The van der Waals surface area contributed by atoms with E-state index in [-0.39, 0.29) is 32.2 Å². The maximum atomic E-state index is 12.9. The van der Waals surface area contributed by atoms with Crippen LogP contribution in [0, 0.1) is 5.92 Å². The normalized spacial score (nSPS) is 11.1. The fourth-order valence-corrected chi connectivity index (χ4v) is 4.12. The van der Waals surface area contributed by atoms with Gasteiger partial charge in [-0.2, -0.15) is 8.78 Å². The number of alkyl halides is 2. The first kappa shape index (κ1) is 26.0. The molecular formula is C23H22Cl2F2N2O4S. The predicted octanol–water partition coefficient (Wildman–Crippen LogP) is 7.40. The number of benzene rings is 2. The molecule has 3 aromatic rings. The fourth-order valence-electron chi connectivity index (χ4n) is 2.88. The Morgan fingerprint density at radius 3 is 2.59 bits per heavy atom. The Bertz CT molecular complexity index is 1160. The minimum absolute atomic E-state index is 0.0791. The average molecular weight is 531 g/mol. The van der Waals surface area contributed by atoms with E-state index in [4.69, 9.17) is 32.7 Å². The molecule has 0 bridgehead atoms. The molecule has 0 aliphatic heterocycles. The van der Waals surface area contributed by atoms with Gasteiger partial charge in [0.25, 0.3) is 5.91 Å². The summed E-state index contributed by atoms with van der Waals surface area (Å²) in [5, 5.41) is 4.66. The van der Waals surface area contributed by atoms with E-state index >= 15 is 0 Å². The number of amides is 1. The van der Waals surface area contributed by atoms with Gasteiger partial charge < -0.3 is 14.2 Å². The molecule has 0 radical (unpaired) electrons. The highest BCUT2D eigenvalue weighted by Gasteiger charge is 2.20. The lowest BCUT2D eigenvalue weighted by Crippen LogP contribution is -2.13. The number of anilines is 1. The zero-order valence-corrected chi connectivity index (χ0v) is 20.9. The second kappa shape index (κ2) is 11.7. The van der Waals surface area contributed by atoms with Crippen LogP contribution in [-0.4, -0.2) is 30.7 Å². The summed E-state index contributed by atoms with van der Waals surface area (Å²) in [6.45, 7) is 3.74. The van der Waals surface area contributed by atoms with Crippen molar-refractivity contribution in [3.63, 3.8) is 0 Å². The molecular weight excluding hydrogens is 509 g/mol. The number of halogens is 4. The number of hydrogen-bond donors (Lipinski definition) is 1. The first-order chi connectivity index (χ1) is 16.2. The summed E-state index contributed by atoms with van der Waals surface area (Å²) in [5.41, 5.74) is 0.789. The molecule has 34 heavy (non-hydrogen) atoms. The van der Waals surface area contributed by atoms with Gasteiger partial charge in [-0.05, 0) is 43.2 Å². The number of carbonyl (C=O) groups excluding carboxylic acids is 1. The van der Waals surface area contributed by atoms with Gasteiger partial charge in [0.1, 0.15) is 0 Å². The van der Waals surface area contributed by atoms with Crippen LogP contribution in [0.5, 0.6) is 17.2 Å². The third kappa shape index (κ3) is 6.71. The Morgan fingerprint density at radius 2 is 1.91 bits per heavy atom. The number of rotatable bonds is 10. The molecule has 182 valence electrons. The van der Waals surface area contributed by atoms with Crippen LogP contribution in [0.25, 0.3) is 11.3 Å². The highest BCUT2D eigenvalue weighted by molar-refractivity contribution is 7.14. The zero-order chi connectivity index (χ0) is 24.8. The van der Waals surface area contributed by atoms with Crippen LogP contribution in [0.15, 0.2) is 35.7 Å². The van der Waals surface area contributed by atoms with Gasteiger partial charge in [-0.1, -0.05) is 37.0 Å². The van der Waals surface area contributed by atoms with Gasteiger partial charge in [0, 0.05) is 21.5 Å². The molecule has 3 rings (SSSR count). The second-order valence-corrected chi connectivity index (χ2v) is 9.14. The van der Waals surface area contributed by atoms with Crippen LogP contribution in [0.4, 0.5) is 13.9 Å². The minimum Gasteiger partial charge on any atom is -0.490 e. The van der Waals surface area contributed by atoms with Crippen molar-refractivity contribution in [2.75, 3.05) is 18.5 Å².